The third kappa shape index (κ3) is 6.46. The van der Waals surface area contributed by atoms with E-state index in [2.05, 4.69) is 19.9 Å². The maximum atomic E-state index is 11.2. The molecule has 0 N–H and O–H groups in total. The van der Waals surface area contributed by atoms with Crippen molar-refractivity contribution in [1.82, 2.24) is 0 Å². The Balaban J connectivity index is 3.88. The molecule has 0 aromatic carbocycles. The number of esters is 1. The minimum absolute atomic E-state index is 0.204. The molecule has 0 amide bonds. The lowest BCUT2D eigenvalue weighted by Crippen LogP contribution is -2.04. The summed E-state index contributed by atoms with van der Waals surface area (Å²) in [7, 11) is 0. The molecule has 0 spiro atoms. The lowest BCUT2D eigenvalue weighted by Gasteiger charge is -2.00. The first-order chi connectivity index (χ1) is 6.57. The Bertz CT molecular complexity index is 233. The molecule has 0 aromatic heterocycles. The third-order valence-electron chi connectivity index (χ3n) is 1.77. The molecule has 0 radical (unpaired) electrons. The number of unbranched alkanes of at least 4 members (excludes halogenated alkanes) is 1. The van der Waals surface area contributed by atoms with Gasteiger partial charge in [0.25, 0.3) is 0 Å². The van der Waals surface area contributed by atoms with Gasteiger partial charge in [0.05, 0.1) is 6.61 Å². The Morgan fingerprint density at radius 1 is 1.14 bits per heavy atom. The van der Waals surface area contributed by atoms with Gasteiger partial charge in [-0.2, -0.15) is 0 Å². The number of hydrogen-bond donors (Lipinski definition) is 0. The molecule has 2 nitrogen and oxygen atoms in total. The summed E-state index contributed by atoms with van der Waals surface area (Å²) in [4.78, 5) is 11.2. The Morgan fingerprint density at radius 2 is 1.71 bits per heavy atom. The largest absolute Gasteiger partial charge is 0.463 e. The van der Waals surface area contributed by atoms with Crippen LogP contribution in [0.2, 0.25) is 0 Å². The van der Waals surface area contributed by atoms with Crippen molar-refractivity contribution in [3.63, 3.8) is 0 Å². The minimum atomic E-state index is -0.204. The average molecular weight is 196 g/mol. The van der Waals surface area contributed by atoms with Crippen molar-refractivity contribution in [2.24, 2.45) is 0 Å². The number of allylic oxidation sites excluding steroid dienone is 3. The number of rotatable bonds is 5. The fraction of sp³-hybridized carbons (Fsp3) is 0.583. The van der Waals surface area contributed by atoms with Crippen LogP contribution >= 0.6 is 0 Å². The van der Waals surface area contributed by atoms with E-state index in [-0.39, 0.29) is 5.97 Å². The standard InChI is InChI=1S/C12H20O2/c1-5-14-12(13)11(4)9-7-6-8-10(2)3/h8-9H,5-7H2,1-4H3/b11-9+. The zero-order chi connectivity index (χ0) is 11.0. The van der Waals surface area contributed by atoms with E-state index in [1.807, 2.05) is 13.0 Å². The van der Waals surface area contributed by atoms with Gasteiger partial charge in [-0.05, 0) is 40.5 Å². The monoisotopic (exact) mass is 196 g/mol. The van der Waals surface area contributed by atoms with Crippen LogP contribution in [0.1, 0.15) is 40.5 Å². The topological polar surface area (TPSA) is 26.3 Å². The lowest BCUT2D eigenvalue weighted by atomic mass is 10.2. The minimum Gasteiger partial charge on any atom is -0.463 e. The molecular weight excluding hydrogens is 176 g/mol. The van der Waals surface area contributed by atoms with Crippen molar-refractivity contribution in [1.29, 1.82) is 0 Å². The number of carbonyl (C=O) groups is 1. The molecule has 0 saturated heterocycles. The molecule has 0 unspecified atom stereocenters. The third-order valence-corrected chi connectivity index (χ3v) is 1.77. The smallest absolute Gasteiger partial charge is 0.333 e. The zero-order valence-electron chi connectivity index (χ0n) is 9.59. The predicted octanol–water partition coefficient (Wildman–Crippen LogP) is 3.24. The Hall–Kier alpha value is -1.05. The molecule has 2 heteroatoms. The molecule has 0 aliphatic carbocycles. The van der Waals surface area contributed by atoms with Crippen molar-refractivity contribution in [3.05, 3.63) is 23.3 Å². The summed E-state index contributed by atoms with van der Waals surface area (Å²) < 4.78 is 4.86. The van der Waals surface area contributed by atoms with E-state index in [0.717, 1.165) is 12.8 Å². The van der Waals surface area contributed by atoms with Gasteiger partial charge in [-0.1, -0.05) is 17.7 Å². The normalized spacial score (nSPS) is 11.0. The van der Waals surface area contributed by atoms with E-state index in [4.69, 9.17) is 4.74 Å². The van der Waals surface area contributed by atoms with E-state index >= 15 is 0 Å². The van der Waals surface area contributed by atoms with Crippen molar-refractivity contribution in [2.45, 2.75) is 40.5 Å². The SMILES string of the molecule is CCOC(=O)/C(C)=C/CCC=C(C)C. The lowest BCUT2D eigenvalue weighted by molar-refractivity contribution is -0.138. The Labute approximate surface area is 86.6 Å². The summed E-state index contributed by atoms with van der Waals surface area (Å²) in [5.74, 6) is -0.204. The summed E-state index contributed by atoms with van der Waals surface area (Å²) in [6, 6.07) is 0. The molecule has 80 valence electrons. The second-order valence-corrected chi connectivity index (χ2v) is 3.47. The highest BCUT2D eigenvalue weighted by Gasteiger charge is 2.02. The highest BCUT2D eigenvalue weighted by atomic mass is 16.5. The number of hydrogen-bond acceptors (Lipinski definition) is 2. The first-order valence-corrected chi connectivity index (χ1v) is 5.05. The van der Waals surface area contributed by atoms with Crippen LogP contribution in [0.25, 0.3) is 0 Å². The summed E-state index contributed by atoms with van der Waals surface area (Å²) in [6.45, 7) is 8.19. The van der Waals surface area contributed by atoms with Gasteiger partial charge in [0.1, 0.15) is 0 Å². The highest BCUT2D eigenvalue weighted by Crippen LogP contribution is 2.03. The summed E-state index contributed by atoms with van der Waals surface area (Å²) >= 11 is 0. The van der Waals surface area contributed by atoms with E-state index in [9.17, 15) is 4.79 Å². The van der Waals surface area contributed by atoms with Crippen molar-refractivity contribution in [3.8, 4) is 0 Å². The van der Waals surface area contributed by atoms with Crippen molar-refractivity contribution in [2.75, 3.05) is 6.61 Å². The van der Waals surface area contributed by atoms with E-state index in [1.54, 1.807) is 6.92 Å². The molecule has 0 saturated carbocycles. The van der Waals surface area contributed by atoms with Crippen LogP contribution in [0.4, 0.5) is 0 Å². The fourth-order valence-electron chi connectivity index (χ4n) is 1.00. The quantitative estimate of drug-likeness (QED) is 0.292. The molecule has 0 aromatic rings. The first kappa shape index (κ1) is 12.9. The Kier molecular flexibility index (Phi) is 6.81. The summed E-state index contributed by atoms with van der Waals surface area (Å²) in [5, 5.41) is 0. The predicted molar refractivity (Wildman–Crippen MR) is 59.1 cm³/mol. The fourth-order valence-corrected chi connectivity index (χ4v) is 1.00. The van der Waals surface area contributed by atoms with E-state index in [1.165, 1.54) is 5.57 Å². The molecule has 0 fully saturated rings. The maximum Gasteiger partial charge on any atom is 0.333 e. The number of carbonyl (C=O) groups excluding carboxylic acids is 1. The Morgan fingerprint density at radius 3 is 2.21 bits per heavy atom. The highest BCUT2D eigenvalue weighted by molar-refractivity contribution is 5.87. The van der Waals surface area contributed by atoms with Gasteiger partial charge in [-0.15, -0.1) is 0 Å². The molecule has 0 heterocycles. The first-order valence-electron chi connectivity index (χ1n) is 5.05. The zero-order valence-corrected chi connectivity index (χ0v) is 9.59. The average Bonchev–Trinajstić information content (AvgIpc) is 2.12. The molecule has 0 bridgehead atoms. The molecular formula is C12H20O2. The van der Waals surface area contributed by atoms with E-state index < -0.39 is 0 Å². The molecule has 14 heavy (non-hydrogen) atoms. The van der Waals surface area contributed by atoms with Crippen LogP contribution in [0.15, 0.2) is 23.3 Å². The van der Waals surface area contributed by atoms with E-state index in [0.29, 0.717) is 12.2 Å². The van der Waals surface area contributed by atoms with Crippen LogP contribution in [0.5, 0.6) is 0 Å². The number of ether oxygens (including phenoxy) is 1. The van der Waals surface area contributed by atoms with Gasteiger partial charge in [0.2, 0.25) is 0 Å². The van der Waals surface area contributed by atoms with Crippen molar-refractivity contribution >= 4 is 5.97 Å². The van der Waals surface area contributed by atoms with Crippen LogP contribution < -0.4 is 0 Å². The molecule has 0 atom stereocenters. The summed E-state index contributed by atoms with van der Waals surface area (Å²) in [6.07, 6.45) is 5.97. The molecule has 0 aliphatic rings. The van der Waals surface area contributed by atoms with Gasteiger partial charge in [-0.25, -0.2) is 4.79 Å². The van der Waals surface area contributed by atoms with Gasteiger partial charge < -0.3 is 4.74 Å². The van der Waals surface area contributed by atoms with Gasteiger partial charge in [0, 0.05) is 5.57 Å². The maximum absolute atomic E-state index is 11.2. The van der Waals surface area contributed by atoms with Gasteiger partial charge in [0.15, 0.2) is 0 Å². The van der Waals surface area contributed by atoms with Crippen LogP contribution in [0.3, 0.4) is 0 Å². The van der Waals surface area contributed by atoms with Gasteiger partial charge >= 0.3 is 5.97 Å². The van der Waals surface area contributed by atoms with Crippen LogP contribution in [0, 0.1) is 0 Å². The van der Waals surface area contributed by atoms with Crippen LogP contribution in [-0.2, 0) is 9.53 Å². The molecule has 0 rings (SSSR count). The summed E-state index contributed by atoms with van der Waals surface area (Å²) in [5.41, 5.74) is 2.01. The second kappa shape index (κ2) is 7.36. The second-order valence-electron chi connectivity index (χ2n) is 3.47. The molecule has 0 aliphatic heterocycles. The van der Waals surface area contributed by atoms with Crippen LogP contribution in [-0.4, -0.2) is 12.6 Å². The van der Waals surface area contributed by atoms with Gasteiger partial charge in [-0.3, -0.25) is 0 Å². The van der Waals surface area contributed by atoms with Crippen molar-refractivity contribution < 1.29 is 9.53 Å².